The van der Waals surface area contributed by atoms with Gasteiger partial charge < -0.3 is 24.3 Å². The van der Waals surface area contributed by atoms with Crippen LogP contribution in [0, 0.1) is 10.1 Å². The Kier molecular flexibility index (Phi) is 7.43. The lowest BCUT2D eigenvalue weighted by Gasteiger charge is -2.16. The number of ether oxygens (including phenoxy) is 4. The molecule has 0 radical (unpaired) electrons. The van der Waals surface area contributed by atoms with Gasteiger partial charge in [-0.25, -0.2) is 4.79 Å². The molecule has 160 valence electrons. The Morgan fingerprint density at radius 2 is 1.73 bits per heavy atom. The maximum absolute atomic E-state index is 12.4. The topological polar surface area (TPSA) is 126 Å². The fraction of sp³-hybridized carbons (Fsp3) is 0.263. The Labute approximate surface area is 176 Å². The van der Waals surface area contributed by atoms with Crippen LogP contribution in [-0.2, 0) is 9.53 Å². The van der Waals surface area contributed by atoms with E-state index in [0.29, 0.717) is 0 Å². The van der Waals surface area contributed by atoms with Crippen LogP contribution in [0.2, 0.25) is 5.02 Å². The Hall–Kier alpha value is -3.53. The van der Waals surface area contributed by atoms with Crippen molar-refractivity contribution in [3.63, 3.8) is 0 Å². The number of carbonyl (C=O) groups excluding carboxylic acids is 2. The van der Waals surface area contributed by atoms with Gasteiger partial charge in [-0.2, -0.15) is 0 Å². The largest absolute Gasteiger partial charge is 0.495 e. The summed E-state index contributed by atoms with van der Waals surface area (Å²) in [7, 11) is 4.13. The molecular formula is C19H19ClN2O8. The number of methoxy groups -OCH3 is 3. The second kappa shape index (κ2) is 9.79. The Bertz CT molecular complexity index is 979. The van der Waals surface area contributed by atoms with Crippen molar-refractivity contribution in [2.24, 2.45) is 0 Å². The molecule has 1 unspecified atom stereocenters. The minimum Gasteiger partial charge on any atom is -0.495 e. The van der Waals surface area contributed by atoms with E-state index < -0.39 is 22.9 Å². The van der Waals surface area contributed by atoms with Crippen molar-refractivity contribution in [2.75, 3.05) is 26.6 Å². The normalized spacial score (nSPS) is 11.2. The summed E-state index contributed by atoms with van der Waals surface area (Å²) in [5, 5.41) is 13.5. The van der Waals surface area contributed by atoms with Crippen LogP contribution in [0.5, 0.6) is 17.2 Å². The zero-order chi connectivity index (χ0) is 22.4. The summed E-state index contributed by atoms with van der Waals surface area (Å²) in [6, 6.07) is 6.40. The van der Waals surface area contributed by atoms with Gasteiger partial charge in [0.2, 0.25) is 0 Å². The fourth-order valence-corrected chi connectivity index (χ4v) is 2.75. The van der Waals surface area contributed by atoms with Crippen molar-refractivity contribution in [3.05, 3.63) is 51.0 Å². The van der Waals surface area contributed by atoms with Gasteiger partial charge in [-0.15, -0.1) is 0 Å². The number of rotatable bonds is 8. The van der Waals surface area contributed by atoms with Crippen molar-refractivity contribution in [1.29, 1.82) is 0 Å². The predicted octanol–water partition coefficient (Wildman–Crippen LogP) is 3.46. The predicted molar refractivity (Wildman–Crippen MR) is 108 cm³/mol. The van der Waals surface area contributed by atoms with Gasteiger partial charge in [-0.3, -0.25) is 14.9 Å². The summed E-state index contributed by atoms with van der Waals surface area (Å²) in [4.78, 5) is 35.2. The van der Waals surface area contributed by atoms with Crippen LogP contribution in [0.25, 0.3) is 0 Å². The van der Waals surface area contributed by atoms with Gasteiger partial charge in [0.15, 0.2) is 17.6 Å². The highest BCUT2D eigenvalue weighted by Crippen LogP contribution is 2.36. The van der Waals surface area contributed by atoms with Crippen molar-refractivity contribution in [1.82, 2.24) is 0 Å². The third-order valence-corrected chi connectivity index (χ3v) is 4.25. The van der Waals surface area contributed by atoms with Gasteiger partial charge in [0.05, 0.1) is 42.5 Å². The number of nitrogens with one attached hydrogen (secondary N) is 1. The Balaban J connectivity index is 2.16. The zero-order valence-electron chi connectivity index (χ0n) is 16.6. The number of nitrogens with zero attached hydrogens (tertiary/aromatic N) is 1. The molecule has 1 atom stereocenters. The van der Waals surface area contributed by atoms with Crippen molar-refractivity contribution in [3.8, 4) is 17.2 Å². The van der Waals surface area contributed by atoms with Crippen LogP contribution in [-0.4, -0.2) is 44.2 Å². The van der Waals surface area contributed by atoms with E-state index in [1.54, 1.807) is 0 Å². The molecule has 1 amide bonds. The molecule has 0 saturated heterocycles. The molecule has 2 aromatic rings. The standard InChI is InChI=1S/C19H19ClN2O8/c1-10(18(23)21-14-9-12(22(25)26)5-6-15(14)27-2)30-19(24)11-7-13(20)17(29-4)16(8-11)28-3/h5-10H,1-4H3,(H,21,23). The van der Waals surface area contributed by atoms with E-state index in [-0.39, 0.29) is 39.2 Å². The molecule has 2 rings (SSSR count). The summed E-state index contributed by atoms with van der Waals surface area (Å²) in [5.41, 5.74) is -0.130. The summed E-state index contributed by atoms with van der Waals surface area (Å²) in [5.74, 6) is -0.867. The number of esters is 1. The van der Waals surface area contributed by atoms with Crippen molar-refractivity contribution >= 4 is 34.9 Å². The lowest BCUT2D eigenvalue weighted by molar-refractivity contribution is -0.384. The molecule has 1 N–H and O–H groups in total. The van der Waals surface area contributed by atoms with Gasteiger partial charge in [0, 0.05) is 12.1 Å². The Morgan fingerprint density at radius 1 is 1.07 bits per heavy atom. The van der Waals surface area contributed by atoms with Crippen LogP contribution in [0.1, 0.15) is 17.3 Å². The van der Waals surface area contributed by atoms with E-state index >= 15 is 0 Å². The van der Waals surface area contributed by atoms with Crippen LogP contribution in [0.15, 0.2) is 30.3 Å². The molecule has 10 nitrogen and oxygen atoms in total. The number of hydrogen-bond donors (Lipinski definition) is 1. The van der Waals surface area contributed by atoms with Gasteiger partial charge in [-0.1, -0.05) is 11.6 Å². The number of nitro benzene ring substituents is 1. The van der Waals surface area contributed by atoms with Gasteiger partial charge in [0.25, 0.3) is 11.6 Å². The molecule has 0 aliphatic heterocycles. The average Bonchev–Trinajstić information content (AvgIpc) is 2.72. The van der Waals surface area contributed by atoms with Gasteiger partial charge in [-0.05, 0) is 25.1 Å². The molecule has 0 aliphatic carbocycles. The Morgan fingerprint density at radius 3 is 2.30 bits per heavy atom. The molecule has 30 heavy (non-hydrogen) atoms. The second-order valence-corrected chi connectivity index (χ2v) is 6.28. The van der Waals surface area contributed by atoms with Crippen molar-refractivity contribution in [2.45, 2.75) is 13.0 Å². The lowest BCUT2D eigenvalue weighted by atomic mass is 10.2. The molecule has 0 fully saturated rings. The lowest BCUT2D eigenvalue weighted by Crippen LogP contribution is -2.30. The maximum Gasteiger partial charge on any atom is 0.339 e. The monoisotopic (exact) mass is 438 g/mol. The van der Waals surface area contributed by atoms with Crippen LogP contribution in [0.4, 0.5) is 11.4 Å². The molecule has 0 spiro atoms. The second-order valence-electron chi connectivity index (χ2n) is 5.87. The minimum atomic E-state index is -1.23. The molecule has 0 heterocycles. The number of amides is 1. The fourth-order valence-electron chi connectivity index (χ4n) is 2.46. The van der Waals surface area contributed by atoms with E-state index in [2.05, 4.69) is 5.32 Å². The van der Waals surface area contributed by atoms with Crippen LogP contribution in [0.3, 0.4) is 0 Å². The molecule has 0 saturated carbocycles. The molecular weight excluding hydrogens is 420 g/mol. The first-order valence-corrected chi connectivity index (χ1v) is 8.85. The maximum atomic E-state index is 12.4. The van der Waals surface area contributed by atoms with E-state index in [0.717, 1.165) is 6.07 Å². The molecule has 0 bridgehead atoms. The van der Waals surface area contributed by atoms with E-state index in [1.165, 1.54) is 52.5 Å². The number of halogens is 1. The number of non-ortho nitro benzene ring substituents is 1. The first-order valence-electron chi connectivity index (χ1n) is 8.47. The quantitative estimate of drug-likeness (QED) is 0.377. The number of anilines is 1. The number of nitro groups is 1. The smallest absolute Gasteiger partial charge is 0.339 e. The summed E-state index contributed by atoms with van der Waals surface area (Å²) in [6.45, 7) is 1.35. The zero-order valence-corrected chi connectivity index (χ0v) is 17.3. The first kappa shape index (κ1) is 22.8. The number of hydrogen-bond acceptors (Lipinski definition) is 8. The first-order chi connectivity index (χ1) is 14.2. The number of benzene rings is 2. The van der Waals surface area contributed by atoms with Crippen LogP contribution >= 0.6 is 11.6 Å². The third kappa shape index (κ3) is 5.09. The highest BCUT2D eigenvalue weighted by Gasteiger charge is 2.23. The van der Waals surface area contributed by atoms with E-state index in [4.69, 9.17) is 30.5 Å². The minimum absolute atomic E-state index is 0.0465. The molecule has 2 aromatic carbocycles. The number of carbonyl (C=O) groups is 2. The summed E-state index contributed by atoms with van der Waals surface area (Å²) < 4.78 is 20.5. The van der Waals surface area contributed by atoms with Crippen molar-refractivity contribution < 1.29 is 33.5 Å². The highest BCUT2D eigenvalue weighted by molar-refractivity contribution is 6.32. The molecule has 0 aliphatic rings. The highest BCUT2D eigenvalue weighted by atomic mass is 35.5. The van der Waals surface area contributed by atoms with Gasteiger partial charge in [0.1, 0.15) is 5.75 Å². The summed E-state index contributed by atoms with van der Waals surface area (Å²) in [6.07, 6.45) is -1.23. The van der Waals surface area contributed by atoms with Crippen LogP contribution < -0.4 is 19.5 Å². The third-order valence-electron chi connectivity index (χ3n) is 3.97. The molecule has 0 aromatic heterocycles. The van der Waals surface area contributed by atoms with E-state index in [1.807, 2.05) is 0 Å². The van der Waals surface area contributed by atoms with Gasteiger partial charge >= 0.3 is 5.97 Å². The molecule has 11 heteroatoms. The van der Waals surface area contributed by atoms with E-state index in [9.17, 15) is 19.7 Å². The summed E-state index contributed by atoms with van der Waals surface area (Å²) >= 11 is 6.08. The SMILES string of the molecule is COc1ccc([N+](=O)[O-])cc1NC(=O)C(C)OC(=O)c1cc(Cl)c(OC)c(OC)c1. The average molecular weight is 439 g/mol.